The van der Waals surface area contributed by atoms with Crippen LogP contribution in [0.15, 0.2) is 51.8 Å². The van der Waals surface area contributed by atoms with Gasteiger partial charge in [0.25, 0.3) is 10.0 Å². The number of pyridine rings is 1. The second-order valence-corrected chi connectivity index (χ2v) is 5.94. The van der Waals surface area contributed by atoms with Crippen molar-refractivity contribution in [2.24, 2.45) is 4.40 Å². The average molecular weight is 380 g/mol. The van der Waals surface area contributed by atoms with Gasteiger partial charge in [0, 0.05) is 6.21 Å². The first-order chi connectivity index (χ1) is 10.8. The Morgan fingerprint density at radius 2 is 1.44 bits per heavy atom. The van der Waals surface area contributed by atoms with Crippen LogP contribution in [-0.2, 0) is 10.0 Å². The number of aromatic nitrogens is 1. The number of carboxylic acid groups (broad SMARTS) is 2. The molecule has 11 heteroatoms. The molecule has 0 spiro atoms. The van der Waals surface area contributed by atoms with Crippen LogP contribution in [0.3, 0.4) is 0 Å². The summed E-state index contributed by atoms with van der Waals surface area (Å²) < 4.78 is 27.4. The van der Waals surface area contributed by atoms with Crippen molar-refractivity contribution in [3.8, 4) is 0 Å². The Morgan fingerprint density at radius 1 is 0.960 bits per heavy atom. The van der Waals surface area contributed by atoms with Crippen molar-refractivity contribution in [3.63, 3.8) is 0 Å². The van der Waals surface area contributed by atoms with Gasteiger partial charge in [-0.25, -0.2) is 14.6 Å². The number of carbonyl (C=O) groups is 2. The second kappa shape index (κ2) is 10.2. The van der Waals surface area contributed by atoms with Crippen molar-refractivity contribution in [2.45, 2.75) is 4.90 Å². The molecule has 0 fully saturated rings. The fourth-order valence-corrected chi connectivity index (χ4v) is 2.51. The average Bonchev–Trinajstić information content (AvgIpc) is 2.53. The van der Waals surface area contributed by atoms with E-state index in [4.69, 9.17) is 10.2 Å². The minimum atomic E-state index is -3.97. The van der Waals surface area contributed by atoms with E-state index in [0.29, 0.717) is 0 Å². The van der Waals surface area contributed by atoms with Gasteiger partial charge in [0.05, 0.1) is 4.90 Å². The zero-order valence-electron chi connectivity index (χ0n) is 13.4. The van der Waals surface area contributed by atoms with E-state index >= 15 is 0 Å². The van der Waals surface area contributed by atoms with Crippen molar-refractivity contribution < 1.29 is 87.3 Å². The van der Waals surface area contributed by atoms with Crippen molar-refractivity contribution in [1.29, 1.82) is 0 Å². The summed E-state index contributed by atoms with van der Waals surface area (Å²) in [5.41, 5.74) is -1.05. The summed E-state index contributed by atoms with van der Waals surface area (Å²) >= 11 is 0. The quantitative estimate of drug-likeness (QED) is 0.393. The molecule has 1 heterocycles. The molecule has 2 N–H and O–H groups in total. The Hall–Kier alpha value is -1.07. The van der Waals surface area contributed by atoms with Crippen LogP contribution in [-0.4, -0.2) is 41.8 Å². The Balaban J connectivity index is 0.00000288. The molecule has 1 aromatic heterocycles. The molecule has 0 unspecified atom stereocenters. The molecule has 0 aliphatic rings. The molecule has 0 aliphatic carbocycles. The Labute approximate surface area is 187 Å². The molecular formula is C14H10N2Na2O6S+2. The number of sulfonamides is 1. The van der Waals surface area contributed by atoms with E-state index in [0.717, 1.165) is 18.3 Å². The van der Waals surface area contributed by atoms with E-state index < -0.39 is 33.3 Å². The molecule has 25 heavy (non-hydrogen) atoms. The number of nitrogens with zero attached hydrogens (tertiary/aromatic N) is 2. The van der Waals surface area contributed by atoms with Gasteiger partial charge < -0.3 is 10.2 Å². The molecule has 8 nitrogen and oxygen atoms in total. The molecule has 2 rings (SSSR count). The first-order valence-corrected chi connectivity index (χ1v) is 7.58. The molecule has 0 saturated heterocycles. The van der Waals surface area contributed by atoms with E-state index in [9.17, 15) is 18.0 Å². The number of rotatable bonds is 5. The van der Waals surface area contributed by atoms with Crippen LogP contribution < -0.4 is 59.1 Å². The van der Waals surface area contributed by atoms with Crippen LogP contribution >= 0.6 is 0 Å². The molecule has 0 amide bonds. The van der Waals surface area contributed by atoms with Crippen LogP contribution in [0.2, 0.25) is 0 Å². The Bertz CT molecular complexity index is 869. The van der Waals surface area contributed by atoms with E-state index in [1.165, 1.54) is 24.3 Å². The summed E-state index contributed by atoms with van der Waals surface area (Å²) in [6.07, 6.45) is 0.878. The van der Waals surface area contributed by atoms with Crippen LogP contribution in [0.25, 0.3) is 0 Å². The molecule has 1 aromatic carbocycles. The standard InChI is InChI=1S/C14H10N2O6S.2Na/c17-13(18)11-6-9(7-12(16-11)14(19)20)8-15-23(21,22)10-4-2-1-3-5-10;;/h1-8H,(H,17,18)(H,19,20);;/q;2*+1/b15-8+;;. The summed E-state index contributed by atoms with van der Waals surface area (Å²) in [6, 6.07) is 9.45. The zero-order valence-corrected chi connectivity index (χ0v) is 18.3. The number of aromatic carboxylic acids is 2. The fourth-order valence-electron chi connectivity index (χ4n) is 1.63. The van der Waals surface area contributed by atoms with Gasteiger partial charge >= 0.3 is 71.1 Å². The maximum Gasteiger partial charge on any atom is 1.00 e. The first kappa shape index (κ1) is 23.9. The molecule has 0 saturated carbocycles. The van der Waals surface area contributed by atoms with E-state index in [1.807, 2.05) is 0 Å². The van der Waals surface area contributed by atoms with Gasteiger partial charge in [-0.3, -0.25) is 0 Å². The monoisotopic (exact) mass is 380 g/mol. The second-order valence-electron chi connectivity index (χ2n) is 4.30. The number of benzene rings is 1. The third-order valence-corrected chi connectivity index (χ3v) is 3.92. The molecular weight excluding hydrogens is 370 g/mol. The fraction of sp³-hybridized carbons (Fsp3) is 0. The molecule has 0 radical (unpaired) electrons. The van der Waals surface area contributed by atoms with Gasteiger partial charge in [-0.05, 0) is 29.8 Å². The largest absolute Gasteiger partial charge is 1.00 e. The number of hydrogen-bond donors (Lipinski definition) is 2. The summed E-state index contributed by atoms with van der Waals surface area (Å²) in [5.74, 6) is -2.87. The van der Waals surface area contributed by atoms with Gasteiger partial charge in [0.2, 0.25) is 0 Å². The van der Waals surface area contributed by atoms with Gasteiger partial charge in [-0.15, -0.1) is 0 Å². The Kier molecular flexibility index (Phi) is 9.73. The van der Waals surface area contributed by atoms with Gasteiger partial charge in [0.15, 0.2) is 0 Å². The smallest absolute Gasteiger partial charge is 0.477 e. The normalized spacial score (nSPS) is 10.6. The van der Waals surface area contributed by atoms with E-state index in [1.54, 1.807) is 6.07 Å². The summed E-state index contributed by atoms with van der Waals surface area (Å²) in [6.45, 7) is 0. The summed E-state index contributed by atoms with van der Waals surface area (Å²) in [5, 5.41) is 17.8. The molecule has 0 atom stereocenters. The minimum absolute atomic E-state index is 0. The van der Waals surface area contributed by atoms with Crippen LogP contribution in [0.4, 0.5) is 0 Å². The van der Waals surface area contributed by atoms with Crippen molar-refractivity contribution in [3.05, 3.63) is 59.4 Å². The van der Waals surface area contributed by atoms with Crippen LogP contribution in [0.1, 0.15) is 26.5 Å². The van der Waals surface area contributed by atoms with Crippen LogP contribution in [0.5, 0.6) is 0 Å². The third kappa shape index (κ3) is 6.63. The summed E-state index contributed by atoms with van der Waals surface area (Å²) in [7, 11) is -3.97. The molecule has 0 bridgehead atoms. The van der Waals surface area contributed by atoms with Crippen LogP contribution in [0, 0.1) is 0 Å². The molecule has 118 valence electrons. The van der Waals surface area contributed by atoms with Crippen molar-refractivity contribution in [2.75, 3.05) is 0 Å². The Morgan fingerprint density at radius 3 is 1.88 bits per heavy atom. The van der Waals surface area contributed by atoms with Gasteiger partial charge in [-0.1, -0.05) is 18.2 Å². The van der Waals surface area contributed by atoms with Gasteiger partial charge in [0.1, 0.15) is 11.4 Å². The topological polar surface area (TPSA) is 134 Å². The maximum absolute atomic E-state index is 12.0. The predicted octanol–water partition coefficient (Wildman–Crippen LogP) is -4.71. The summed E-state index contributed by atoms with van der Waals surface area (Å²) in [4.78, 5) is 25.3. The minimum Gasteiger partial charge on any atom is -0.477 e. The van der Waals surface area contributed by atoms with E-state index in [2.05, 4.69) is 9.38 Å². The molecule has 2 aromatic rings. The van der Waals surface area contributed by atoms with Crippen molar-refractivity contribution >= 4 is 28.2 Å². The molecule has 0 aliphatic heterocycles. The first-order valence-electron chi connectivity index (χ1n) is 6.13. The SMILES string of the molecule is O=C(O)c1cc(/C=N/S(=O)(=O)c2ccccc2)cc(C(=O)O)n1.[Na+].[Na+]. The zero-order chi connectivity index (χ0) is 17.0. The predicted molar refractivity (Wildman–Crippen MR) is 79.4 cm³/mol. The third-order valence-electron chi connectivity index (χ3n) is 2.67. The number of carboxylic acids is 2. The van der Waals surface area contributed by atoms with Gasteiger partial charge in [-0.2, -0.15) is 12.8 Å². The maximum atomic E-state index is 12.0. The number of hydrogen-bond acceptors (Lipinski definition) is 5. The van der Waals surface area contributed by atoms with Crippen molar-refractivity contribution in [1.82, 2.24) is 4.98 Å². The van der Waals surface area contributed by atoms with E-state index in [-0.39, 0.29) is 69.6 Å².